The van der Waals surface area contributed by atoms with Crippen molar-refractivity contribution in [1.29, 1.82) is 0 Å². The zero-order valence-corrected chi connectivity index (χ0v) is 12.9. The molecule has 1 N–H and O–H groups in total. The fraction of sp³-hybridized carbons (Fsp3) is 0.667. The number of halogens is 1. The van der Waals surface area contributed by atoms with Gasteiger partial charge in [0.05, 0.1) is 6.61 Å². The molecule has 1 unspecified atom stereocenters. The molecule has 1 aliphatic rings. The summed E-state index contributed by atoms with van der Waals surface area (Å²) in [5.74, 6) is -0.0204. The largest absolute Gasteiger partial charge is 0.457 e. The van der Waals surface area contributed by atoms with E-state index in [1.165, 1.54) is 13.1 Å². The van der Waals surface area contributed by atoms with E-state index in [1.54, 1.807) is 6.07 Å². The van der Waals surface area contributed by atoms with E-state index in [4.69, 9.17) is 9.47 Å². The van der Waals surface area contributed by atoms with Gasteiger partial charge in [0, 0.05) is 25.6 Å². The molecule has 0 saturated heterocycles. The van der Waals surface area contributed by atoms with Crippen LogP contribution in [0.1, 0.15) is 33.1 Å². The minimum absolute atomic E-state index is 0.0734. The molecule has 122 valence electrons. The van der Waals surface area contributed by atoms with Crippen molar-refractivity contribution in [2.45, 2.75) is 45.4 Å². The molecule has 1 aromatic heterocycles. The third-order valence-corrected chi connectivity index (χ3v) is 3.51. The first-order valence-corrected chi connectivity index (χ1v) is 7.59. The van der Waals surface area contributed by atoms with Gasteiger partial charge in [-0.2, -0.15) is 4.98 Å². The summed E-state index contributed by atoms with van der Waals surface area (Å²) in [6.45, 7) is 4.57. The molecule has 3 atom stereocenters. The van der Waals surface area contributed by atoms with Crippen LogP contribution >= 0.6 is 0 Å². The van der Waals surface area contributed by atoms with E-state index in [-0.39, 0.29) is 17.8 Å². The van der Waals surface area contributed by atoms with Gasteiger partial charge in [0.25, 0.3) is 0 Å². The lowest BCUT2D eigenvalue weighted by atomic mass is 9.80. The summed E-state index contributed by atoms with van der Waals surface area (Å²) < 4.78 is 24.9. The van der Waals surface area contributed by atoms with E-state index < -0.39 is 12.3 Å². The van der Waals surface area contributed by atoms with Crippen molar-refractivity contribution >= 4 is 11.7 Å². The minimum atomic E-state index is -1.07. The summed E-state index contributed by atoms with van der Waals surface area (Å²) in [6.07, 6.45) is 2.48. The van der Waals surface area contributed by atoms with Crippen LogP contribution in [0, 0.1) is 5.92 Å². The highest BCUT2D eigenvalue weighted by atomic mass is 19.1. The van der Waals surface area contributed by atoms with Crippen molar-refractivity contribution in [3.05, 3.63) is 12.3 Å². The van der Waals surface area contributed by atoms with Gasteiger partial charge in [0.2, 0.25) is 5.91 Å². The average molecular weight is 311 g/mol. The number of unbranched alkanes of at least 4 members (excludes halogenated alkanes) is 1. The maximum absolute atomic E-state index is 14.0. The van der Waals surface area contributed by atoms with Crippen molar-refractivity contribution in [1.82, 2.24) is 9.97 Å². The summed E-state index contributed by atoms with van der Waals surface area (Å²) in [5, 5.41) is 2.53. The van der Waals surface area contributed by atoms with Crippen LogP contribution in [0.25, 0.3) is 0 Å². The van der Waals surface area contributed by atoms with Gasteiger partial charge < -0.3 is 14.8 Å². The van der Waals surface area contributed by atoms with Crippen LogP contribution in [-0.2, 0) is 9.53 Å². The number of nitrogens with one attached hydrogen (secondary N) is 1. The second-order valence-electron chi connectivity index (χ2n) is 5.43. The van der Waals surface area contributed by atoms with Gasteiger partial charge in [-0.3, -0.25) is 4.79 Å². The van der Waals surface area contributed by atoms with Crippen molar-refractivity contribution in [2.24, 2.45) is 5.92 Å². The van der Waals surface area contributed by atoms with E-state index in [9.17, 15) is 9.18 Å². The summed E-state index contributed by atoms with van der Waals surface area (Å²) in [6, 6.07) is 1.62. The molecule has 2 rings (SSSR count). The molecule has 1 heterocycles. The topological polar surface area (TPSA) is 73.3 Å². The van der Waals surface area contributed by atoms with Gasteiger partial charge in [0.15, 0.2) is 0 Å². The normalized spacial score (nSPS) is 23.7. The van der Waals surface area contributed by atoms with Gasteiger partial charge in [-0.1, -0.05) is 13.3 Å². The number of hydrogen-bond acceptors (Lipinski definition) is 5. The number of hydrogen-bond donors (Lipinski definition) is 1. The smallest absolute Gasteiger partial charge is 0.318 e. The van der Waals surface area contributed by atoms with E-state index in [0.29, 0.717) is 25.5 Å². The standard InChI is InChI=1S/C15H22FN3O3/c1-3-4-7-21-9-11-8-12(14(11)16)22-15-17-6-5-13(19-15)18-10(2)20/h5-6,11-12,14H,3-4,7-9H2,1-2H3,(H,17,18,19,20)/t11-,12-,14?/m1/s1. The zero-order valence-electron chi connectivity index (χ0n) is 12.9. The van der Waals surface area contributed by atoms with Crippen molar-refractivity contribution in [3.8, 4) is 6.01 Å². The molecule has 1 saturated carbocycles. The summed E-state index contributed by atoms with van der Waals surface area (Å²) in [7, 11) is 0. The number of ether oxygens (including phenoxy) is 2. The minimum Gasteiger partial charge on any atom is -0.457 e. The van der Waals surface area contributed by atoms with Crippen LogP contribution in [0.5, 0.6) is 6.01 Å². The average Bonchev–Trinajstić information content (AvgIpc) is 2.48. The first kappa shape index (κ1) is 16.6. The lowest BCUT2D eigenvalue weighted by Crippen LogP contribution is -2.49. The third-order valence-electron chi connectivity index (χ3n) is 3.51. The second kappa shape index (κ2) is 8.03. The number of carbonyl (C=O) groups excluding carboxylic acids is 1. The van der Waals surface area contributed by atoms with Gasteiger partial charge in [-0.05, 0) is 18.9 Å². The molecule has 0 radical (unpaired) electrons. The van der Waals surface area contributed by atoms with Crippen LogP contribution in [0.2, 0.25) is 0 Å². The number of amides is 1. The Balaban J connectivity index is 1.77. The van der Waals surface area contributed by atoms with E-state index in [0.717, 1.165) is 12.8 Å². The molecule has 6 nitrogen and oxygen atoms in total. The van der Waals surface area contributed by atoms with Gasteiger partial charge >= 0.3 is 6.01 Å². The molecule has 0 bridgehead atoms. The van der Waals surface area contributed by atoms with E-state index >= 15 is 0 Å². The Morgan fingerprint density at radius 1 is 1.55 bits per heavy atom. The number of alkyl halides is 1. The molecule has 0 spiro atoms. The third kappa shape index (κ3) is 4.62. The molecule has 0 aliphatic heterocycles. The van der Waals surface area contributed by atoms with Crippen LogP contribution in [0.4, 0.5) is 10.2 Å². The van der Waals surface area contributed by atoms with Crippen molar-refractivity contribution in [3.63, 3.8) is 0 Å². The maximum Gasteiger partial charge on any atom is 0.318 e. The van der Waals surface area contributed by atoms with E-state index in [1.807, 2.05) is 0 Å². The Bertz CT molecular complexity index is 501. The van der Waals surface area contributed by atoms with Crippen molar-refractivity contribution in [2.75, 3.05) is 18.5 Å². The molecule has 1 aromatic rings. The number of aromatic nitrogens is 2. The first-order valence-electron chi connectivity index (χ1n) is 7.59. The molecule has 7 heteroatoms. The van der Waals surface area contributed by atoms with Gasteiger partial charge in [0.1, 0.15) is 18.1 Å². The first-order chi connectivity index (χ1) is 10.6. The number of carbonyl (C=O) groups is 1. The molecule has 1 aliphatic carbocycles. The highest BCUT2D eigenvalue weighted by Gasteiger charge is 2.43. The molecular formula is C15H22FN3O3. The quantitative estimate of drug-likeness (QED) is 0.746. The Morgan fingerprint density at radius 3 is 3.05 bits per heavy atom. The molecular weight excluding hydrogens is 289 g/mol. The molecule has 1 fully saturated rings. The second-order valence-corrected chi connectivity index (χ2v) is 5.43. The summed E-state index contributed by atoms with van der Waals surface area (Å²) in [5.41, 5.74) is 0. The maximum atomic E-state index is 14.0. The predicted molar refractivity (Wildman–Crippen MR) is 79.5 cm³/mol. The number of rotatable bonds is 8. The molecule has 0 aromatic carbocycles. The Kier molecular flexibility index (Phi) is 6.06. The summed E-state index contributed by atoms with van der Waals surface area (Å²) >= 11 is 0. The Hall–Kier alpha value is -1.76. The van der Waals surface area contributed by atoms with Crippen LogP contribution < -0.4 is 10.1 Å². The zero-order chi connectivity index (χ0) is 15.9. The highest BCUT2D eigenvalue weighted by Crippen LogP contribution is 2.34. The lowest BCUT2D eigenvalue weighted by Gasteiger charge is -2.38. The van der Waals surface area contributed by atoms with Gasteiger partial charge in [-0.15, -0.1) is 0 Å². The van der Waals surface area contributed by atoms with Crippen LogP contribution in [0.3, 0.4) is 0 Å². The molecule has 22 heavy (non-hydrogen) atoms. The fourth-order valence-corrected chi connectivity index (χ4v) is 2.20. The van der Waals surface area contributed by atoms with Crippen molar-refractivity contribution < 1.29 is 18.7 Å². The number of anilines is 1. The Labute approximate surface area is 129 Å². The molecule has 1 amide bonds. The fourth-order valence-electron chi connectivity index (χ4n) is 2.20. The number of nitrogens with zero attached hydrogens (tertiary/aromatic N) is 2. The summed E-state index contributed by atoms with van der Waals surface area (Å²) in [4.78, 5) is 18.9. The monoisotopic (exact) mass is 311 g/mol. The predicted octanol–water partition coefficient (Wildman–Crippen LogP) is 2.36. The lowest BCUT2D eigenvalue weighted by molar-refractivity contribution is -0.114. The van der Waals surface area contributed by atoms with E-state index in [2.05, 4.69) is 22.2 Å². The van der Waals surface area contributed by atoms with Crippen LogP contribution in [0.15, 0.2) is 12.3 Å². The van der Waals surface area contributed by atoms with Crippen LogP contribution in [-0.4, -0.2) is 41.4 Å². The SMILES string of the molecule is CCCCOC[C@H]1C[C@@H](Oc2nccc(NC(C)=O)n2)C1F. The van der Waals surface area contributed by atoms with Gasteiger partial charge in [-0.25, -0.2) is 9.37 Å². The highest BCUT2D eigenvalue weighted by molar-refractivity contribution is 5.87. The Morgan fingerprint density at radius 2 is 2.36 bits per heavy atom.